The molecule has 0 radical (unpaired) electrons. The van der Waals surface area contributed by atoms with Crippen molar-refractivity contribution in [3.05, 3.63) is 52.9 Å². The zero-order valence-electron chi connectivity index (χ0n) is 10.8. The number of fused-ring (bicyclic) bond motifs is 1. The van der Waals surface area contributed by atoms with Crippen LogP contribution in [-0.4, -0.2) is 26.0 Å². The molecule has 0 atom stereocenters. The molecule has 3 rings (SSSR count). The highest BCUT2D eigenvalue weighted by atomic mass is 35.5. The van der Waals surface area contributed by atoms with Crippen LogP contribution in [0.5, 0.6) is 0 Å². The Hall–Kier alpha value is -2.58. The summed E-state index contributed by atoms with van der Waals surface area (Å²) >= 11 is 5.47. The van der Waals surface area contributed by atoms with Crippen molar-refractivity contribution in [2.75, 3.05) is 5.06 Å². The van der Waals surface area contributed by atoms with E-state index in [4.69, 9.17) is 17.0 Å². The number of nitrogens with one attached hydrogen (secondary N) is 2. The first kappa shape index (κ1) is 14.4. The lowest BCUT2D eigenvalue weighted by Crippen LogP contribution is -2.28. The number of anilines is 1. The number of aromatic nitrogens is 3. The molecule has 0 saturated carbocycles. The molecule has 0 saturated heterocycles. The first-order chi connectivity index (χ1) is 10.5. The second kappa shape index (κ2) is 5.32. The second-order valence-electron chi connectivity index (χ2n) is 4.31. The van der Waals surface area contributed by atoms with Gasteiger partial charge in [-0.1, -0.05) is 11.6 Å². The second-order valence-corrected chi connectivity index (χ2v) is 4.69. The van der Waals surface area contributed by atoms with Crippen LogP contribution < -0.4 is 5.06 Å². The molecular weight excluding hydrogens is 316 g/mol. The van der Waals surface area contributed by atoms with Crippen LogP contribution in [0, 0.1) is 17.0 Å². The number of rotatable bonds is 2. The molecule has 0 amide bonds. The van der Waals surface area contributed by atoms with Crippen LogP contribution in [0.15, 0.2) is 30.7 Å². The van der Waals surface area contributed by atoms with Crippen LogP contribution in [0.1, 0.15) is 5.56 Å². The normalized spacial score (nSPS) is 10.9. The molecule has 112 valence electrons. The van der Waals surface area contributed by atoms with Gasteiger partial charge < -0.3 is 4.98 Å². The van der Waals surface area contributed by atoms with Crippen molar-refractivity contribution in [3.8, 4) is 0 Å². The lowest BCUT2D eigenvalue weighted by molar-refractivity contribution is 0.307. The van der Waals surface area contributed by atoms with Gasteiger partial charge in [-0.15, -0.1) is 0 Å². The average molecular weight is 324 g/mol. The van der Waals surface area contributed by atoms with E-state index in [0.717, 1.165) is 12.1 Å². The van der Waals surface area contributed by atoms with E-state index in [9.17, 15) is 14.0 Å². The number of halogens is 3. The van der Waals surface area contributed by atoms with Crippen LogP contribution in [-0.2, 0) is 0 Å². The van der Waals surface area contributed by atoms with Gasteiger partial charge in [0, 0.05) is 11.8 Å². The Morgan fingerprint density at radius 2 is 2.05 bits per heavy atom. The van der Waals surface area contributed by atoms with Crippen molar-refractivity contribution in [3.63, 3.8) is 0 Å². The van der Waals surface area contributed by atoms with E-state index >= 15 is 0 Å². The van der Waals surface area contributed by atoms with Crippen molar-refractivity contribution in [1.82, 2.24) is 15.0 Å². The third-order valence-electron chi connectivity index (χ3n) is 3.04. The zero-order valence-corrected chi connectivity index (χ0v) is 11.6. The first-order valence-corrected chi connectivity index (χ1v) is 6.38. The Morgan fingerprint density at radius 3 is 2.82 bits per heavy atom. The summed E-state index contributed by atoms with van der Waals surface area (Å²) in [6, 6.07) is 3.33. The van der Waals surface area contributed by atoms with Crippen molar-refractivity contribution in [1.29, 1.82) is 5.41 Å². The van der Waals surface area contributed by atoms with E-state index in [1.165, 1.54) is 18.6 Å². The van der Waals surface area contributed by atoms with Gasteiger partial charge >= 0.3 is 0 Å². The number of aromatic amines is 1. The topological polar surface area (TPSA) is 88.9 Å². The van der Waals surface area contributed by atoms with Crippen LogP contribution in [0.2, 0.25) is 5.02 Å². The molecule has 2 aromatic heterocycles. The average Bonchev–Trinajstić information content (AvgIpc) is 3.00. The third-order valence-corrected chi connectivity index (χ3v) is 3.38. The lowest BCUT2D eigenvalue weighted by Gasteiger charge is -2.19. The van der Waals surface area contributed by atoms with Gasteiger partial charge in [0.25, 0.3) is 0 Å². The molecular formula is C13H8ClF2N5O. The molecule has 22 heavy (non-hydrogen) atoms. The summed E-state index contributed by atoms with van der Waals surface area (Å²) in [6.45, 7) is 0. The number of amidine groups is 1. The number of H-pyrrole nitrogens is 1. The van der Waals surface area contributed by atoms with E-state index < -0.39 is 28.2 Å². The molecule has 0 aliphatic rings. The van der Waals surface area contributed by atoms with Crippen LogP contribution in [0.3, 0.4) is 0 Å². The van der Waals surface area contributed by atoms with Gasteiger partial charge in [0.1, 0.15) is 16.5 Å². The van der Waals surface area contributed by atoms with Gasteiger partial charge in [0.05, 0.1) is 11.8 Å². The summed E-state index contributed by atoms with van der Waals surface area (Å²) < 4.78 is 27.1. The number of imidazole rings is 1. The number of hydrogen-bond acceptors (Lipinski definition) is 4. The molecule has 0 fully saturated rings. The number of hydrogen-bond donors (Lipinski definition) is 3. The maximum atomic E-state index is 13.9. The van der Waals surface area contributed by atoms with E-state index in [-0.39, 0.29) is 10.6 Å². The highest BCUT2D eigenvalue weighted by Crippen LogP contribution is 2.28. The minimum absolute atomic E-state index is 0.241. The Morgan fingerprint density at radius 1 is 1.27 bits per heavy atom. The summed E-state index contributed by atoms with van der Waals surface area (Å²) in [5.41, 5.74) is 0.541. The minimum Gasteiger partial charge on any atom is -0.343 e. The highest BCUT2D eigenvalue weighted by molar-refractivity contribution is 6.31. The molecule has 2 heterocycles. The molecule has 6 nitrogen and oxygen atoms in total. The monoisotopic (exact) mass is 323 g/mol. The number of pyridine rings is 1. The quantitative estimate of drug-likeness (QED) is 0.292. The Bertz CT molecular complexity index is 882. The first-order valence-electron chi connectivity index (χ1n) is 6.00. The van der Waals surface area contributed by atoms with E-state index in [0.29, 0.717) is 11.2 Å². The lowest BCUT2D eigenvalue weighted by atomic mass is 10.2. The Labute approximate surface area is 127 Å². The van der Waals surface area contributed by atoms with Crippen molar-refractivity contribution in [2.24, 2.45) is 0 Å². The maximum Gasteiger partial charge on any atom is 0.178 e. The van der Waals surface area contributed by atoms with Crippen LogP contribution in [0.4, 0.5) is 14.5 Å². The fourth-order valence-electron chi connectivity index (χ4n) is 1.96. The van der Waals surface area contributed by atoms with Crippen molar-refractivity contribution >= 4 is 34.3 Å². The maximum absolute atomic E-state index is 13.9. The predicted octanol–water partition coefficient (Wildman–Crippen LogP) is 3.11. The minimum atomic E-state index is -1.16. The molecule has 0 unspecified atom stereocenters. The Balaban J connectivity index is 2.06. The van der Waals surface area contributed by atoms with Gasteiger partial charge in [0.2, 0.25) is 0 Å². The molecule has 3 aromatic rings. The molecule has 0 bridgehead atoms. The van der Waals surface area contributed by atoms with Gasteiger partial charge in [-0.25, -0.2) is 23.8 Å². The van der Waals surface area contributed by atoms with Crippen LogP contribution in [0.25, 0.3) is 11.2 Å². The summed E-state index contributed by atoms with van der Waals surface area (Å²) in [5.74, 6) is -2.57. The van der Waals surface area contributed by atoms with Crippen molar-refractivity contribution in [2.45, 2.75) is 0 Å². The molecule has 0 aliphatic heterocycles. The third kappa shape index (κ3) is 2.18. The predicted molar refractivity (Wildman–Crippen MR) is 76.4 cm³/mol. The molecule has 3 N–H and O–H groups in total. The van der Waals surface area contributed by atoms with Gasteiger partial charge in [-0.2, -0.15) is 0 Å². The van der Waals surface area contributed by atoms with Crippen molar-refractivity contribution < 1.29 is 14.0 Å². The van der Waals surface area contributed by atoms with E-state index in [2.05, 4.69) is 15.0 Å². The molecule has 0 aliphatic carbocycles. The fraction of sp³-hybridized carbons (Fsp3) is 0. The highest BCUT2D eigenvalue weighted by Gasteiger charge is 2.21. The summed E-state index contributed by atoms with van der Waals surface area (Å²) in [7, 11) is 0. The standard InChI is InChI=1S/C13H8ClF2N5O/c14-9-7(15)1-2-8(10(9)16)21(22)12(17)6-3-4-18-13-11(6)19-5-20-13/h1-5,17,22H,(H,18,19,20). The molecule has 1 aromatic carbocycles. The molecule has 0 spiro atoms. The Kier molecular flexibility index (Phi) is 3.47. The summed E-state index contributed by atoms with van der Waals surface area (Å²) in [5, 5.41) is 17.6. The summed E-state index contributed by atoms with van der Waals surface area (Å²) in [4.78, 5) is 10.7. The number of hydroxylamine groups is 1. The van der Waals surface area contributed by atoms with Gasteiger partial charge in [0.15, 0.2) is 17.3 Å². The SMILES string of the molecule is N=C(c1ccnc2nc[nH]c12)N(O)c1ccc(F)c(Cl)c1F. The summed E-state index contributed by atoms with van der Waals surface area (Å²) in [6.07, 6.45) is 2.78. The van der Waals surface area contributed by atoms with E-state index in [1.54, 1.807) is 0 Å². The number of benzene rings is 1. The fourth-order valence-corrected chi connectivity index (χ4v) is 2.12. The largest absolute Gasteiger partial charge is 0.343 e. The van der Waals surface area contributed by atoms with Gasteiger partial charge in [-0.3, -0.25) is 10.6 Å². The zero-order chi connectivity index (χ0) is 15.9. The van der Waals surface area contributed by atoms with Gasteiger partial charge in [-0.05, 0) is 18.2 Å². The smallest absolute Gasteiger partial charge is 0.178 e. The van der Waals surface area contributed by atoms with E-state index in [1.807, 2.05) is 0 Å². The molecule has 9 heteroatoms. The van der Waals surface area contributed by atoms with Crippen LogP contribution >= 0.6 is 11.6 Å². The number of nitrogens with zero attached hydrogens (tertiary/aromatic N) is 3.